The number of rotatable bonds is 3. The minimum atomic E-state index is 0.250. The number of benzene rings is 1. The van der Waals surface area contributed by atoms with Crippen LogP contribution in [0.4, 0.5) is 0 Å². The molecular weight excluding hydrogens is 188 g/mol. The number of fused-ring (bicyclic) bond motifs is 1. The van der Waals surface area contributed by atoms with E-state index in [1.54, 1.807) is 6.26 Å². The Kier molecular flexibility index (Phi) is 2.78. The maximum Gasteiger partial charge on any atom is 0.137 e. The summed E-state index contributed by atoms with van der Waals surface area (Å²) in [5, 5.41) is 1.16. The average molecular weight is 204 g/mol. The van der Waals surface area contributed by atoms with Crippen molar-refractivity contribution < 1.29 is 9.15 Å². The second-order valence-corrected chi connectivity index (χ2v) is 4.07. The summed E-state index contributed by atoms with van der Waals surface area (Å²) in [6.45, 7) is 6.74. The molecule has 0 aliphatic rings. The van der Waals surface area contributed by atoms with Gasteiger partial charge in [-0.25, -0.2) is 0 Å². The Bertz CT molecular complexity index is 455. The summed E-state index contributed by atoms with van der Waals surface area (Å²) in [6.07, 6.45) is 2.04. The second-order valence-electron chi connectivity index (χ2n) is 4.07. The lowest BCUT2D eigenvalue weighted by Gasteiger charge is -2.05. The fraction of sp³-hybridized carbons (Fsp3) is 0.385. The molecule has 0 N–H and O–H groups in total. The molecular formula is C13H16O2. The third-order valence-corrected chi connectivity index (χ3v) is 2.45. The van der Waals surface area contributed by atoms with Crippen LogP contribution in [0.3, 0.4) is 0 Å². The minimum absolute atomic E-state index is 0.250. The largest absolute Gasteiger partial charge is 0.464 e. The first-order valence-corrected chi connectivity index (χ1v) is 5.26. The van der Waals surface area contributed by atoms with Gasteiger partial charge in [-0.2, -0.15) is 0 Å². The van der Waals surface area contributed by atoms with Crippen LogP contribution in [0.2, 0.25) is 0 Å². The molecule has 1 aromatic carbocycles. The summed E-state index contributed by atoms with van der Waals surface area (Å²) in [5.41, 5.74) is 3.27. The first-order valence-electron chi connectivity index (χ1n) is 5.26. The van der Waals surface area contributed by atoms with Gasteiger partial charge in [-0.3, -0.25) is 0 Å². The van der Waals surface area contributed by atoms with Crippen molar-refractivity contribution in [3.8, 4) is 0 Å². The van der Waals surface area contributed by atoms with E-state index >= 15 is 0 Å². The molecule has 1 heterocycles. The van der Waals surface area contributed by atoms with E-state index in [0.29, 0.717) is 6.61 Å². The fourth-order valence-corrected chi connectivity index (χ4v) is 1.62. The van der Waals surface area contributed by atoms with Gasteiger partial charge in [0.2, 0.25) is 0 Å². The molecule has 15 heavy (non-hydrogen) atoms. The predicted octanol–water partition coefficient (Wildman–Crippen LogP) is 3.67. The topological polar surface area (TPSA) is 22.4 Å². The van der Waals surface area contributed by atoms with E-state index in [4.69, 9.17) is 9.15 Å². The zero-order valence-electron chi connectivity index (χ0n) is 9.41. The third kappa shape index (κ3) is 2.05. The maximum atomic E-state index is 5.57. The molecule has 2 nitrogen and oxygen atoms in total. The summed E-state index contributed by atoms with van der Waals surface area (Å²) in [5.74, 6) is 0. The zero-order valence-corrected chi connectivity index (χ0v) is 9.41. The molecule has 0 bridgehead atoms. The predicted molar refractivity (Wildman–Crippen MR) is 60.9 cm³/mol. The molecule has 0 fully saturated rings. The molecule has 2 aromatic rings. The highest BCUT2D eigenvalue weighted by molar-refractivity contribution is 5.83. The summed E-state index contributed by atoms with van der Waals surface area (Å²) < 4.78 is 11.1. The quantitative estimate of drug-likeness (QED) is 0.761. The third-order valence-electron chi connectivity index (χ3n) is 2.45. The Balaban J connectivity index is 2.33. The van der Waals surface area contributed by atoms with Gasteiger partial charge < -0.3 is 9.15 Å². The SMILES string of the molecule is Cc1cccc2c(COC(C)C)coc12. The van der Waals surface area contributed by atoms with E-state index in [-0.39, 0.29) is 6.10 Å². The summed E-state index contributed by atoms with van der Waals surface area (Å²) in [6, 6.07) is 6.18. The highest BCUT2D eigenvalue weighted by Gasteiger charge is 2.07. The van der Waals surface area contributed by atoms with E-state index in [1.807, 2.05) is 19.9 Å². The highest BCUT2D eigenvalue weighted by atomic mass is 16.5. The van der Waals surface area contributed by atoms with Gasteiger partial charge in [-0.15, -0.1) is 0 Å². The molecule has 0 saturated heterocycles. The number of furan rings is 1. The van der Waals surface area contributed by atoms with E-state index in [2.05, 4.69) is 19.1 Å². The number of para-hydroxylation sites is 1. The molecule has 1 aromatic heterocycles. The van der Waals surface area contributed by atoms with Gasteiger partial charge in [0.25, 0.3) is 0 Å². The van der Waals surface area contributed by atoms with Crippen molar-refractivity contribution in [3.05, 3.63) is 35.6 Å². The van der Waals surface area contributed by atoms with Crippen molar-refractivity contribution in [1.29, 1.82) is 0 Å². The van der Waals surface area contributed by atoms with Crippen molar-refractivity contribution in [2.45, 2.75) is 33.5 Å². The normalized spacial score (nSPS) is 11.5. The fourth-order valence-electron chi connectivity index (χ4n) is 1.62. The van der Waals surface area contributed by atoms with Gasteiger partial charge in [0.15, 0.2) is 0 Å². The van der Waals surface area contributed by atoms with Gasteiger partial charge in [-0.05, 0) is 26.3 Å². The van der Waals surface area contributed by atoms with Gasteiger partial charge in [0.1, 0.15) is 5.58 Å². The number of hydrogen-bond donors (Lipinski definition) is 0. The Morgan fingerprint density at radius 3 is 2.87 bits per heavy atom. The van der Waals surface area contributed by atoms with Crippen LogP contribution in [0.5, 0.6) is 0 Å². The lowest BCUT2D eigenvalue weighted by atomic mass is 10.1. The number of aryl methyl sites for hydroxylation is 1. The molecule has 80 valence electrons. The van der Waals surface area contributed by atoms with Crippen molar-refractivity contribution >= 4 is 11.0 Å². The Morgan fingerprint density at radius 2 is 2.13 bits per heavy atom. The van der Waals surface area contributed by atoms with Crippen LogP contribution in [0.25, 0.3) is 11.0 Å². The summed E-state index contributed by atoms with van der Waals surface area (Å²) in [4.78, 5) is 0. The Hall–Kier alpha value is -1.28. The molecule has 0 spiro atoms. The number of ether oxygens (including phenoxy) is 1. The summed E-state index contributed by atoms with van der Waals surface area (Å²) in [7, 11) is 0. The second kappa shape index (κ2) is 4.07. The molecule has 2 rings (SSSR count). The van der Waals surface area contributed by atoms with Crippen LogP contribution in [0, 0.1) is 6.92 Å². The molecule has 0 unspecified atom stereocenters. The van der Waals surface area contributed by atoms with Crippen LogP contribution in [-0.4, -0.2) is 6.10 Å². The van der Waals surface area contributed by atoms with Crippen LogP contribution < -0.4 is 0 Å². The van der Waals surface area contributed by atoms with Crippen molar-refractivity contribution in [2.24, 2.45) is 0 Å². The summed E-state index contributed by atoms with van der Waals surface area (Å²) >= 11 is 0. The standard InChI is InChI=1S/C13H16O2/c1-9(2)14-7-11-8-15-13-10(3)5-4-6-12(11)13/h4-6,8-9H,7H2,1-3H3. The zero-order chi connectivity index (χ0) is 10.8. The lowest BCUT2D eigenvalue weighted by Crippen LogP contribution is -2.01. The van der Waals surface area contributed by atoms with E-state index in [9.17, 15) is 0 Å². The molecule has 0 saturated carbocycles. The van der Waals surface area contributed by atoms with Crippen LogP contribution >= 0.6 is 0 Å². The molecule has 0 aliphatic heterocycles. The monoisotopic (exact) mass is 204 g/mol. The first kappa shape index (κ1) is 10.2. The molecule has 0 radical (unpaired) electrons. The first-order chi connectivity index (χ1) is 7.18. The van der Waals surface area contributed by atoms with Crippen LogP contribution in [0.1, 0.15) is 25.0 Å². The molecule has 0 amide bonds. The van der Waals surface area contributed by atoms with E-state index < -0.39 is 0 Å². The van der Waals surface area contributed by atoms with E-state index in [1.165, 1.54) is 5.56 Å². The van der Waals surface area contributed by atoms with Gasteiger partial charge in [0, 0.05) is 10.9 Å². The minimum Gasteiger partial charge on any atom is -0.464 e. The van der Waals surface area contributed by atoms with Crippen LogP contribution in [-0.2, 0) is 11.3 Å². The smallest absolute Gasteiger partial charge is 0.137 e. The molecule has 0 aliphatic carbocycles. The Morgan fingerprint density at radius 1 is 1.33 bits per heavy atom. The van der Waals surface area contributed by atoms with Gasteiger partial charge in [0.05, 0.1) is 19.0 Å². The molecule has 0 atom stereocenters. The van der Waals surface area contributed by atoms with Crippen molar-refractivity contribution in [1.82, 2.24) is 0 Å². The van der Waals surface area contributed by atoms with Gasteiger partial charge in [-0.1, -0.05) is 18.2 Å². The van der Waals surface area contributed by atoms with E-state index in [0.717, 1.165) is 16.5 Å². The highest BCUT2D eigenvalue weighted by Crippen LogP contribution is 2.24. The Labute approximate surface area is 89.8 Å². The number of hydrogen-bond acceptors (Lipinski definition) is 2. The van der Waals surface area contributed by atoms with Crippen molar-refractivity contribution in [2.75, 3.05) is 0 Å². The van der Waals surface area contributed by atoms with Gasteiger partial charge >= 0.3 is 0 Å². The van der Waals surface area contributed by atoms with Crippen molar-refractivity contribution in [3.63, 3.8) is 0 Å². The maximum absolute atomic E-state index is 5.57. The van der Waals surface area contributed by atoms with Crippen LogP contribution in [0.15, 0.2) is 28.9 Å². The molecule has 2 heteroatoms. The lowest BCUT2D eigenvalue weighted by molar-refractivity contribution is 0.0660. The average Bonchev–Trinajstić information content (AvgIpc) is 2.59.